The van der Waals surface area contributed by atoms with Gasteiger partial charge in [-0.3, -0.25) is 4.79 Å². The number of anilines is 1. The standard InChI is InChI=1S/C30H39BrN8O3S/c1-7-43(41,42)38-13-11-21(17-38)34-26-24(31)16-33-29-27(26)35-28(36-29)23-15-18(2)39(20(23)4)25-10-8-9-22(19(25)3)30(40)32-12-14-37(5)6/h8-10,15-16,21H,7,11-14,17H2,1-6H3,(H,32,40)(H2,33,34,35,36). The van der Waals surface area contributed by atoms with Gasteiger partial charge < -0.3 is 25.1 Å². The summed E-state index contributed by atoms with van der Waals surface area (Å²) >= 11 is 3.62. The first-order chi connectivity index (χ1) is 20.4. The molecule has 1 aliphatic rings. The summed E-state index contributed by atoms with van der Waals surface area (Å²) < 4.78 is 29.2. The van der Waals surface area contributed by atoms with Crippen molar-refractivity contribution in [3.05, 3.63) is 57.4 Å². The van der Waals surface area contributed by atoms with Gasteiger partial charge in [0.1, 0.15) is 11.3 Å². The first-order valence-electron chi connectivity index (χ1n) is 14.4. The predicted octanol–water partition coefficient (Wildman–Crippen LogP) is 4.23. The number of carbonyl (C=O) groups is 1. The predicted molar refractivity (Wildman–Crippen MR) is 175 cm³/mol. The SMILES string of the molecule is CCS(=O)(=O)N1CCC(Nc2c(Br)cnc3nc(-c4cc(C)n(-c5cccc(C(=O)NCCN(C)C)c5C)c4C)[nH]c23)C1. The number of benzene rings is 1. The molecule has 11 nitrogen and oxygen atoms in total. The molecule has 1 fully saturated rings. The van der Waals surface area contributed by atoms with Crippen LogP contribution in [-0.4, -0.2) is 95.1 Å². The second-order valence-electron chi connectivity index (χ2n) is 11.3. The van der Waals surface area contributed by atoms with Gasteiger partial charge in [-0.25, -0.2) is 18.4 Å². The zero-order valence-electron chi connectivity index (χ0n) is 25.5. The number of amides is 1. The quantitative estimate of drug-likeness (QED) is 0.230. The third-order valence-electron chi connectivity index (χ3n) is 8.05. The number of nitrogens with one attached hydrogen (secondary N) is 3. The fourth-order valence-corrected chi connectivity index (χ4v) is 7.23. The molecule has 1 saturated heterocycles. The molecule has 1 aliphatic heterocycles. The summed E-state index contributed by atoms with van der Waals surface area (Å²) in [6, 6.07) is 7.85. The minimum atomic E-state index is -3.23. The molecule has 3 N–H and O–H groups in total. The second kappa shape index (κ2) is 12.4. The molecule has 0 spiro atoms. The van der Waals surface area contributed by atoms with Crippen LogP contribution in [0.1, 0.15) is 40.7 Å². The van der Waals surface area contributed by atoms with Gasteiger partial charge in [-0.2, -0.15) is 4.31 Å². The van der Waals surface area contributed by atoms with E-state index in [0.29, 0.717) is 43.1 Å². The fraction of sp³-hybridized carbons (Fsp3) is 0.433. The maximum atomic E-state index is 13.0. The monoisotopic (exact) mass is 670 g/mol. The van der Waals surface area contributed by atoms with Crippen LogP contribution in [0.2, 0.25) is 0 Å². The van der Waals surface area contributed by atoms with Crippen LogP contribution < -0.4 is 10.6 Å². The van der Waals surface area contributed by atoms with E-state index in [2.05, 4.69) is 47.2 Å². The summed E-state index contributed by atoms with van der Waals surface area (Å²) in [5.41, 5.74) is 7.53. The molecule has 1 aromatic carbocycles. The number of fused-ring (bicyclic) bond motifs is 1. The van der Waals surface area contributed by atoms with Crippen LogP contribution in [0.4, 0.5) is 5.69 Å². The number of imidazole rings is 1. The normalized spacial score (nSPS) is 16.0. The zero-order valence-corrected chi connectivity index (χ0v) is 27.9. The number of nitrogens with zero attached hydrogens (tertiary/aromatic N) is 5. The van der Waals surface area contributed by atoms with Crippen LogP contribution in [0, 0.1) is 20.8 Å². The summed E-state index contributed by atoms with van der Waals surface area (Å²) in [6.07, 6.45) is 2.43. The Balaban J connectivity index is 1.46. The maximum Gasteiger partial charge on any atom is 0.251 e. The van der Waals surface area contributed by atoms with Gasteiger partial charge >= 0.3 is 0 Å². The van der Waals surface area contributed by atoms with Crippen molar-refractivity contribution in [2.75, 3.05) is 51.3 Å². The second-order valence-corrected chi connectivity index (χ2v) is 14.4. The van der Waals surface area contributed by atoms with Gasteiger partial charge in [-0.15, -0.1) is 0 Å². The molecule has 5 rings (SSSR count). The molecule has 0 radical (unpaired) electrons. The number of hydrogen-bond acceptors (Lipinski definition) is 7. The number of aromatic nitrogens is 4. The zero-order chi connectivity index (χ0) is 31.1. The Bertz CT molecular complexity index is 1780. The van der Waals surface area contributed by atoms with E-state index in [9.17, 15) is 13.2 Å². The molecule has 1 atom stereocenters. The number of H-pyrrole nitrogens is 1. The number of halogens is 1. The van der Waals surface area contributed by atoms with Crippen molar-refractivity contribution in [1.29, 1.82) is 0 Å². The highest BCUT2D eigenvalue weighted by atomic mass is 79.9. The Morgan fingerprint density at radius 2 is 2.00 bits per heavy atom. The summed E-state index contributed by atoms with van der Waals surface area (Å²) in [4.78, 5) is 27.9. The van der Waals surface area contributed by atoms with E-state index in [0.717, 1.165) is 50.4 Å². The molecule has 1 amide bonds. The maximum absolute atomic E-state index is 13.0. The van der Waals surface area contributed by atoms with Gasteiger partial charge in [-0.1, -0.05) is 6.07 Å². The number of sulfonamides is 1. The summed E-state index contributed by atoms with van der Waals surface area (Å²) in [6.45, 7) is 9.99. The van der Waals surface area contributed by atoms with E-state index in [-0.39, 0.29) is 17.7 Å². The summed E-state index contributed by atoms with van der Waals surface area (Å²) in [5.74, 6) is 0.689. The van der Waals surface area contributed by atoms with Gasteiger partial charge in [0, 0.05) is 66.6 Å². The van der Waals surface area contributed by atoms with Crippen LogP contribution in [0.15, 0.2) is 34.9 Å². The molecule has 1 unspecified atom stereocenters. The van der Waals surface area contributed by atoms with E-state index in [1.807, 2.05) is 58.0 Å². The number of likely N-dealkylation sites (N-methyl/N-ethyl adjacent to an activating group) is 1. The van der Waals surface area contributed by atoms with Gasteiger partial charge in [-0.05, 0) is 87.9 Å². The molecule has 0 saturated carbocycles. The largest absolute Gasteiger partial charge is 0.378 e. The number of carbonyl (C=O) groups excluding carboxylic acids is 1. The van der Waals surface area contributed by atoms with Crippen LogP contribution >= 0.6 is 15.9 Å². The van der Waals surface area contributed by atoms with Crippen molar-refractivity contribution >= 4 is 48.7 Å². The Labute approximate surface area is 261 Å². The first kappa shape index (κ1) is 31.2. The molecular weight excluding hydrogens is 632 g/mol. The number of rotatable bonds is 10. The lowest BCUT2D eigenvalue weighted by Gasteiger charge is -2.17. The highest BCUT2D eigenvalue weighted by Crippen LogP contribution is 2.35. The summed E-state index contributed by atoms with van der Waals surface area (Å²) in [5, 5.41) is 6.55. The fourth-order valence-electron chi connectivity index (χ4n) is 5.66. The highest BCUT2D eigenvalue weighted by molar-refractivity contribution is 9.10. The molecule has 4 heterocycles. The first-order valence-corrected chi connectivity index (χ1v) is 16.8. The molecule has 3 aromatic heterocycles. The van der Waals surface area contributed by atoms with Crippen molar-refractivity contribution in [1.82, 2.24) is 34.0 Å². The number of hydrogen-bond donors (Lipinski definition) is 3. The van der Waals surface area contributed by atoms with Crippen molar-refractivity contribution in [2.24, 2.45) is 0 Å². The van der Waals surface area contributed by atoms with E-state index in [4.69, 9.17) is 4.98 Å². The van der Waals surface area contributed by atoms with Crippen LogP contribution in [-0.2, 0) is 10.0 Å². The molecule has 0 aliphatic carbocycles. The number of aromatic amines is 1. The third kappa shape index (κ3) is 6.21. The Kier molecular flexibility index (Phi) is 8.98. The van der Waals surface area contributed by atoms with E-state index in [1.54, 1.807) is 17.4 Å². The minimum absolute atomic E-state index is 0.0321. The Hall–Kier alpha value is -3.26. The lowest BCUT2D eigenvalue weighted by Crippen LogP contribution is -2.32. The number of pyridine rings is 1. The van der Waals surface area contributed by atoms with Crippen molar-refractivity contribution in [3.8, 4) is 17.1 Å². The molecular formula is C30H39BrN8O3S. The van der Waals surface area contributed by atoms with Crippen LogP contribution in [0.25, 0.3) is 28.2 Å². The van der Waals surface area contributed by atoms with Crippen molar-refractivity contribution < 1.29 is 13.2 Å². The van der Waals surface area contributed by atoms with Gasteiger partial charge in [0.05, 0.1) is 15.9 Å². The minimum Gasteiger partial charge on any atom is -0.378 e. The molecule has 13 heteroatoms. The Morgan fingerprint density at radius 3 is 2.72 bits per heavy atom. The van der Waals surface area contributed by atoms with Crippen LogP contribution in [0.3, 0.4) is 0 Å². The molecule has 43 heavy (non-hydrogen) atoms. The van der Waals surface area contributed by atoms with Crippen LogP contribution in [0.5, 0.6) is 0 Å². The topological polar surface area (TPSA) is 128 Å². The van der Waals surface area contributed by atoms with Gasteiger partial charge in [0.15, 0.2) is 5.65 Å². The molecule has 0 bridgehead atoms. The average molecular weight is 672 g/mol. The van der Waals surface area contributed by atoms with Crippen molar-refractivity contribution in [3.63, 3.8) is 0 Å². The van der Waals surface area contributed by atoms with E-state index >= 15 is 0 Å². The number of aryl methyl sites for hydroxylation is 1. The average Bonchev–Trinajstić information content (AvgIpc) is 3.68. The lowest BCUT2D eigenvalue weighted by molar-refractivity contribution is 0.0950. The van der Waals surface area contributed by atoms with E-state index in [1.165, 1.54) is 0 Å². The third-order valence-corrected chi connectivity index (χ3v) is 10.5. The smallest absolute Gasteiger partial charge is 0.251 e. The molecule has 230 valence electrons. The molecule has 4 aromatic rings. The lowest BCUT2D eigenvalue weighted by atomic mass is 10.1. The summed E-state index contributed by atoms with van der Waals surface area (Å²) in [7, 11) is 0.725. The van der Waals surface area contributed by atoms with Gasteiger partial charge in [0.25, 0.3) is 5.91 Å². The van der Waals surface area contributed by atoms with Gasteiger partial charge in [0.2, 0.25) is 10.0 Å². The van der Waals surface area contributed by atoms with E-state index < -0.39 is 10.0 Å². The highest BCUT2D eigenvalue weighted by Gasteiger charge is 2.31. The van der Waals surface area contributed by atoms with Crippen molar-refractivity contribution in [2.45, 2.75) is 40.2 Å². The Morgan fingerprint density at radius 1 is 1.23 bits per heavy atom.